The molecule has 3 atom stereocenters. The standard InChI is InChI=1S/C22H24FN3O2S/c1-14-19-11-15(20-13-25-21-12-16(23)4-5-18(20)21)3-6-22(19)29(28)26(14)17(8-10-27)7-9-24-2/h3-6,10-14,17,24-25H,7-9H2,1-2H3. The van der Waals surface area contributed by atoms with Crippen molar-refractivity contribution in [3.8, 4) is 11.1 Å². The number of benzene rings is 2. The first-order chi connectivity index (χ1) is 14.0. The van der Waals surface area contributed by atoms with Crippen LogP contribution in [0, 0.1) is 5.82 Å². The minimum atomic E-state index is -1.30. The molecule has 0 amide bonds. The van der Waals surface area contributed by atoms with Gasteiger partial charge in [-0.15, -0.1) is 0 Å². The summed E-state index contributed by atoms with van der Waals surface area (Å²) in [7, 11) is 0.575. The maximum atomic E-state index is 13.5. The van der Waals surface area contributed by atoms with Gasteiger partial charge in [0.25, 0.3) is 0 Å². The highest BCUT2D eigenvalue weighted by Crippen LogP contribution is 2.42. The van der Waals surface area contributed by atoms with Gasteiger partial charge >= 0.3 is 0 Å². The molecule has 29 heavy (non-hydrogen) atoms. The van der Waals surface area contributed by atoms with E-state index in [4.69, 9.17) is 0 Å². The summed E-state index contributed by atoms with van der Waals surface area (Å²) in [4.78, 5) is 15.1. The fourth-order valence-corrected chi connectivity index (χ4v) is 5.86. The molecular weight excluding hydrogens is 389 g/mol. The molecule has 5 nitrogen and oxygen atoms in total. The zero-order valence-electron chi connectivity index (χ0n) is 16.4. The predicted octanol–water partition coefficient (Wildman–Crippen LogP) is 3.94. The summed E-state index contributed by atoms with van der Waals surface area (Å²) in [5.41, 5.74) is 3.74. The van der Waals surface area contributed by atoms with Crippen molar-refractivity contribution in [1.29, 1.82) is 0 Å². The number of carbonyl (C=O) groups is 1. The van der Waals surface area contributed by atoms with Crippen molar-refractivity contribution < 1.29 is 13.4 Å². The smallest absolute Gasteiger partial charge is 0.128 e. The monoisotopic (exact) mass is 413 g/mol. The van der Waals surface area contributed by atoms with Crippen LogP contribution in [0.25, 0.3) is 22.0 Å². The molecule has 2 heterocycles. The van der Waals surface area contributed by atoms with E-state index >= 15 is 0 Å². The molecule has 0 aliphatic carbocycles. The molecule has 4 rings (SSSR count). The molecule has 152 valence electrons. The number of aromatic nitrogens is 1. The van der Waals surface area contributed by atoms with Crippen molar-refractivity contribution >= 4 is 28.2 Å². The van der Waals surface area contributed by atoms with Crippen LogP contribution in [0.4, 0.5) is 4.39 Å². The molecule has 3 aromatic rings. The van der Waals surface area contributed by atoms with Gasteiger partial charge in [0, 0.05) is 41.2 Å². The molecule has 1 aromatic heterocycles. The summed E-state index contributed by atoms with van der Waals surface area (Å²) < 4.78 is 28.6. The zero-order valence-corrected chi connectivity index (χ0v) is 17.3. The number of carbonyl (C=O) groups excluding carboxylic acids is 1. The summed E-state index contributed by atoms with van der Waals surface area (Å²) in [5.74, 6) is -0.276. The minimum Gasteiger partial charge on any atom is -0.360 e. The predicted molar refractivity (Wildman–Crippen MR) is 113 cm³/mol. The van der Waals surface area contributed by atoms with Crippen LogP contribution in [-0.4, -0.2) is 39.4 Å². The maximum absolute atomic E-state index is 13.5. The molecular formula is C22H24FN3O2S. The molecule has 7 heteroatoms. The Labute approximate surface area is 171 Å². The van der Waals surface area contributed by atoms with Gasteiger partial charge in [0.15, 0.2) is 0 Å². The van der Waals surface area contributed by atoms with E-state index in [1.807, 2.05) is 36.6 Å². The third-order valence-electron chi connectivity index (χ3n) is 5.63. The number of H-pyrrole nitrogens is 1. The largest absolute Gasteiger partial charge is 0.360 e. The third-order valence-corrected chi connectivity index (χ3v) is 7.38. The van der Waals surface area contributed by atoms with Gasteiger partial charge in [-0.3, -0.25) is 0 Å². The summed E-state index contributed by atoms with van der Waals surface area (Å²) in [6.45, 7) is 2.79. The molecule has 0 bridgehead atoms. The molecule has 0 fully saturated rings. The lowest BCUT2D eigenvalue weighted by atomic mass is 9.98. The van der Waals surface area contributed by atoms with E-state index in [9.17, 15) is 13.4 Å². The Hall–Kier alpha value is -2.35. The zero-order chi connectivity index (χ0) is 20.5. The molecule has 2 aromatic carbocycles. The fourth-order valence-electron chi connectivity index (χ4n) is 4.16. The molecule has 2 N–H and O–H groups in total. The first-order valence-electron chi connectivity index (χ1n) is 9.74. The van der Waals surface area contributed by atoms with Crippen LogP contribution in [0.5, 0.6) is 0 Å². The van der Waals surface area contributed by atoms with Gasteiger partial charge in [0.05, 0.1) is 4.90 Å². The summed E-state index contributed by atoms with van der Waals surface area (Å²) in [6, 6.07) is 10.5. The van der Waals surface area contributed by atoms with Gasteiger partial charge in [-0.05, 0) is 68.4 Å². The van der Waals surface area contributed by atoms with E-state index < -0.39 is 11.0 Å². The van der Waals surface area contributed by atoms with Crippen LogP contribution in [-0.2, 0) is 15.8 Å². The second-order valence-electron chi connectivity index (χ2n) is 7.38. The Morgan fingerprint density at radius 2 is 2.14 bits per heavy atom. The van der Waals surface area contributed by atoms with Gasteiger partial charge in [-0.1, -0.05) is 6.07 Å². The quantitative estimate of drug-likeness (QED) is 0.577. The van der Waals surface area contributed by atoms with Crippen LogP contribution in [0.2, 0.25) is 0 Å². The number of fused-ring (bicyclic) bond motifs is 2. The molecule has 1 aliphatic rings. The van der Waals surface area contributed by atoms with Gasteiger partial charge in [-0.25, -0.2) is 12.9 Å². The first-order valence-corrected chi connectivity index (χ1v) is 10.8. The van der Waals surface area contributed by atoms with Gasteiger partial charge < -0.3 is 15.1 Å². The molecule has 1 aliphatic heterocycles. The Kier molecular flexibility index (Phi) is 5.63. The van der Waals surface area contributed by atoms with E-state index in [0.717, 1.165) is 51.7 Å². The third kappa shape index (κ3) is 3.54. The number of halogens is 1. The highest BCUT2D eigenvalue weighted by atomic mass is 32.2. The van der Waals surface area contributed by atoms with Crippen molar-refractivity contribution in [3.63, 3.8) is 0 Å². The van der Waals surface area contributed by atoms with Gasteiger partial charge in [0.1, 0.15) is 23.1 Å². The summed E-state index contributed by atoms with van der Waals surface area (Å²) in [6.07, 6.45) is 3.89. The van der Waals surface area contributed by atoms with Gasteiger partial charge in [0.2, 0.25) is 0 Å². The van der Waals surface area contributed by atoms with E-state index in [2.05, 4.69) is 16.4 Å². The SMILES string of the molecule is CNCCC(CC=O)N1C(C)c2cc(-c3c[nH]c4cc(F)ccc34)ccc2S1=O. The van der Waals surface area contributed by atoms with Crippen molar-refractivity contribution in [2.45, 2.75) is 36.7 Å². The number of aromatic amines is 1. The molecule has 0 saturated heterocycles. The van der Waals surface area contributed by atoms with E-state index in [1.54, 1.807) is 6.07 Å². The lowest BCUT2D eigenvalue weighted by molar-refractivity contribution is -0.108. The Balaban J connectivity index is 1.71. The Morgan fingerprint density at radius 1 is 1.31 bits per heavy atom. The van der Waals surface area contributed by atoms with Crippen LogP contribution in [0.15, 0.2) is 47.5 Å². The van der Waals surface area contributed by atoms with Crippen LogP contribution in [0.1, 0.15) is 31.4 Å². The van der Waals surface area contributed by atoms with Crippen molar-refractivity contribution in [2.75, 3.05) is 13.6 Å². The average molecular weight is 414 g/mol. The lowest BCUT2D eigenvalue weighted by Gasteiger charge is -2.28. The molecule has 0 spiro atoms. The van der Waals surface area contributed by atoms with Crippen LogP contribution in [0.3, 0.4) is 0 Å². The molecule has 0 radical (unpaired) electrons. The Morgan fingerprint density at radius 3 is 2.90 bits per heavy atom. The maximum Gasteiger partial charge on any atom is 0.128 e. The topological polar surface area (TPSA) is 65.2 Å². The molecule has 0 saturated carbocycles. The van der Waals surface area contributed by atoms with Crippen LogP contribution < -0.4 is 5.32 Å². The summed E-state index contributed by atoms with van der Waals surface area (Å²) in [5, 5.41) is 4.05. The van der Waals surface area contributed by atoms with Crippen molar-refractivity contribution in [3.05, 3.63) is 54.0 Å². The van der Waals surface area contributed by atoms with E-state index in [1.165, 1.54) is 12.1 Å². The number of hydrogen-bond donors (Lipinski definition) is 2. The number of nitrogens with zero attached hydrogens (tertiary/aromatic N) is 1. The number of hydrogen-bond acceptors (Lipinski definition) is 3. The normalized spacial score (nSPS) is 20.1. The van der Waals surface area contributed by atoms with Crippen LogP contribution >= 0.6 is 0 Å². The lowest BCUT2D eigenvalue weighted by Crippen LogP contribution is -2.37. The number of rotatable bonds is 7. The highest BCUT2D eigenvalue weighted by Gasteiger charge is 2.38. The number of aldehydes is 1. The van der Waals surface area contributed by atoms with Crippen molar-refractivity contribution in [2.24, 2.45) is 0 Å². The molecule has 3 unspecified atom stereocenters. The van der Waals surface area contributed by atoms with Gasteiger partial charge in [-0.2, -0.15) is 0 Å². The Bertz CT molecular complexity index is 1080. The second kappa shape index (κ2) is 8.18. The first kappa shape index (κ1) is 19.9. The highest BCUT2D eigenvalue weighted by molar-refractivity contribution is 7.83. The second-order valence-corrected chi connectivity index (χ2v) is 8.74. The average Bonchev–Trinajstić information content (AvgIpc) is 3.24. The fraction of sp³-hybridized carbons (Fsp3) is 0.318. The van der Waals surface area contributed by atoms with Crippen molar-refractivity contribution in [1.82, 2.24) is 14.6 Å². The number of nitrogens with one attached hydrogen (secondary N) is 2. The minimum absolute atomic E-state index is 0.0600. The van der Waals surface area contributed by atoms with E-state index in [0.29, 0.717) is 6.42 Å². The van der Waals surface area contributed by atoms with E-state index in [-0.39, 0.29) is 17.9 Å². The summed E-state index contributed by atoms with van der Waals surface area (Å²) >= 11 is 0.